The van der Waals surface area contributed by atoms with Crippen molar-refractivity contribution < 1.29 is 9.53 Å². The summed E-state index contributed by atoms with van der Waals surface area (Å²) in [6.07, 6.45) is 9.16. The standard InChI is InChI=1S/C21H24N4O2/c1-3-16-5-4-6-18(13-16)23-19-7-10-22-20(14-19)24-17-8-11-25(12-9-17)15-21(26)27-2/h1,4-7,10,13-14,17H,8-9,11-12,15H2,2H3,(H2,22,23,24). The van der Waals surface area contributed by atoms with Gasteiger partial charge in [0, 0.05) is 48.3 Å². The number of benzene rings is 1. The zero-order chi connectivity index (χ0) is 19.1. The Labute approximate surface area is 159 Å². The first-order valence-electron chi connectivity index (χ1n) is 9.02. The van der Waals surface area contributed by atoms with Gasteiger partial charge < -0.3 is 15.4 Å². The van der Waals surface area contributed by atoms with Crippen LogP contribution in [0.3, 0.4) is 0 Å². The fourth-order valence-electron chi connectivity index (χ4n) is 3.13. The zero-order valence-electron chi connectivity index (χ0n) is 15.4. The molecule has 0 saturated carbocycles. The van der Waals surface area contributed by atoms with E-state index >= 15 is 0 Å². The topological polar surface area (TPSA) is 66.5 Å². The smallest absolute Gasteiger partial charge is 0.319 e. The quantitative estimate of drug-likeness (QED) is 0.607. The maximum Gasteiger partial charge on any atom is 0.319 e. The predicted molar refractivity (Wildman–Crippen MR) is 107 cm³/mol. The van der Waals surface area contributed by atoms with Gasteiger partial charge in [-0.3, -0.25) is 9.69 Å². The first-order valence-corrected chi connectivity index (χ1v) is 9.02. The van der Waals surface area contributed by atoms with Crippen LogP contribution in [0.4, 0.5) is 17.2 Å². The van der Waals surface area contributed by atoms with Crippen LogP contribution in [0.2, 0.25) is 0 Å². The number of aromatic nitrogens is 1. The predicted octanol–water partition coefficient (Wildman–Crippen LogP) is 2.86. The van der Waals surface area contributed by atoms with Gasteiger partial charge in [0.2, 0.25) is 0 Å². The van der Waals surface area contributed by atoms with Crippen LogP contribution in [-0.2, 0) is 9.53 Å². The third-order valence-electron chi connectivity index (χ3n) is 4.60. The number of esters is 1. The molecule has 0 aliphatic carbocycles. The van der Waals surface area contributed by atoms with Gasteiger partial charge in [0.1, 0.15) is 5.82 Å². The Morgan fingerprint density at radius 1 is 1.30 bits per heavy atom. The lowest BCUT2D eigenvalue weighted by Crippen LogP contribution is -2.41. The molecule has 1 aromatic heterocycles. The van der Waals surface area contributed by atoms with E-state index in [9.17, 15) is 4.79 Å². The average Bonchev–Trinajstić information content (AvgIpc) is 2.70. The van der Waals surface area contributed by atoms with Gasteiger partial charge in [0.05, 0.1) is 13.7 Å². The molecular weight excluding hydrogens is 340 g/mol. The Kier molecular flexibility index (Phi) is 6.29. The van der Waals surface area contributed by atoms with Crippen LogP contribution in [0.25, 0.3) is 0 Å². The van der Waals surface area contributed by atoms with E-state index in [1.807, 2.05) is 36.4 Å². The van der Waals surface area contributed by atoms with E-state index in [4.69, 9.17) is 11.2 Å². The minimum atomic E-state index is -0.184. The van der Waals surface area contributed by atoms with E-state index in [0.29, 0.717) is 12.6 Å². The van der Waals surface area contributed by atoms with Crippen molar-refractivity contribution in [3.63, 3.8) is 0 Å². The van der Waals surface area contributed by atoms with Crippen LogP contribution in [0.1, 0.15) is 18.4 Å². The van der Waals surface area contributed by atoms with Crippen molar-refractivity contribution in [2.45, 2.75) is 18.9 Å². The number of methoxy groups -OCH3 is 1. The zero-order valence-corrected chi connectivity index (χ0v) is 15.4. The number of pyridine rings is 1. The minimum Gasteiger partial charge on any atom is -0.468 e. The van der Waals surface area contributed by atoms with Crippen LogP contribution >= 0.6 is 0 Å². The third kappa shape index (κ3) is 5.47. The number of anilines is 3. The monoisotopic (exact) mass is 364 g/mol. The molecule has 3 rings (SSSR count). The Morgan fingerprint density at radius 3 is 2.81 bits per heavy atom. The number of nitrogens with zero attached hydrogens (tertiary/aromatic N) is 2. The number of piperidine rings is 1. The van der Waals surface area contributed by atoms with Gasteiger partial charge in [-0.2, -0.15) is 0 Å². The molecule has 1 aliphatic rings. The number of terminal acetylenes is 1. The molecule has 0 spiro atoms. The van der Waals surface area contributed by atoms with E-state index in [2.05, 4.69) is 26.4 Å². The molecule has 1 saturated heterocycles. The van der Waals surface area contributed by atoms with Gasteiger partial charge in [-0.05, 0) is 37.1 Å². The molecule has 0 atom stereocenters. The molecule has 1 aliphatic heterocycles. The number of carbonyl (C=O) groups is 1. The van der Waals surface area contributed by atoms with E-state index < -0.39 is 0 Å². The van der Waals surface area contributed by atoms with E-state index in [1.54, 1.807) is 6.20 Å². The van der Waals surface area contributed by atoms with Gasteiger partial charge in [0.15, 0.2) is 0 Å². The SMILES string of the molecule is C#Cc1cccc(Nc2ccnc(NC3CCN(CC(=O)OC)CC3)c2)c1. The Hall–Kier alpha value is -3.04. The number of likely N-dealkylation sites (tertiary alicyclic amines) is 1. The molecule has 6 heteroatoms. The number of nitrogens with one attached hydrogen (secondary N) is 2. The highest BCUT2D eigenvalue weighted by molar-refractivity contribution is 5.71. The van der Waals surface area contributed by atoms with Crippen LogP contribution in [0, 0.1) is 12.3 Å². The van der Waals surface area contributed by atoms with Crippen molar-refractivity contribution in [3.8, 4) is 12.3 Å². The maximum atomic E-state index is 11.4. The number of carbonyl (C=O) groups excluding carboxylic acids is 1. The Morgan fingerprint density at radius 2 is 2.07 bits per heavy atom. The van der Waals surface area contributed by atoms with Gasteiger partial charge >= 0.3 is 5.97 Å². The normalized spacial score (nSPS) is 15.0. The average molecular weight is 364 g/mol. The van der Waals surface area contributed by atoms with E-state index in [0.717, 1.165) is 48.7 Å². The van der Waals surface area contributed by atoms with Crippen LogP contribution in [0.15, 0.2) is 42.6 Å². The molecular formula is C21H24N4O2. The lowest BCUT2D eigenvalue weighted by atomic mass is 10.1. The van der Waals surface area contributed by atoms with Crippen LogP contribution in [-0.4, -0.2) is 48.6 Å². The van der Waals surface area contributed by atoms with Crippen LogP contribution < -0.4 is 10.6 Å². The molecule has 0 amide bonds. The summed E-state index contributed by atoms with van der Waals surface area (Å²) in [6.45, 7) is 2.09. The fourth-order valence-corrected chi connectivity index (χ4v) is 3.13. The summed E-state index contributed by atoms with van der Waals surface area (Å²) in [5, 5.41) is 6.85. The van der Waals surface area contributed by atoms with Crippen molar-refractivity contribution in [2.24, 2.45) is 0 Å². The van der Waals surface area contributed by atoms with Crippen LogP contribution in [0.5, 0.6) is 0 Å². The molecule has 0 bridgehead atoms. The van der Waals surface area contributed by atoms with E-state index in [1.165, 1.54) is 7.11 Å². The highest BCUT2D eigenvalue weighted by Crippen LogP contribution is 2.21. The second kappa shape index (κ2) is 9.06. The van der Waals surface area contributed by atoms with Gasteiger partial charge in [0.25, 0.3) is 0 Å². The number of hydrogen-bond acceptors (Lipinski definition) is 6. The molecule has 2 aromatic rings. The van der Waals surface area contributed by atoms with Crippen molar-refractivity contribution in [1.82, 2.24) is 9.88 Å². The molecule has 6 nitrogen and oxygen atoms in total. The first-order chi connectivity index (χ1) is 13.2. The molecule has 2 heterocycles. The Bertz CT molecular complexity index is 823. The van der Waals surface area contributed by atoms with Gasteiger partial charge in [-0.15, -0.1) is 6.42 Å². The summed E-state index contributed by atoms with van der Waals surface area (Å²) in [5.41, 5.74) is 2.73. The Balaban J connectivity index is 1.55. The van der Waals surface area contributed by atoms with Gasteiger partial charge in [-0.1, -0.05) is 12.0 Å². The number of rotatable bonds is 6. The lowest BCUT2D eigenvalue weighted by Gasteiger charge is -2.31. The first kappa shape index (κ1) is 18.7. The number of ether oxygens (including phenoxy) is 1. The van der Waals surface area contributed by atoms with Crippen molar-refractivity contribution in [2.75, 3.05) is 37.4 Å². The third-order valence-corrected chi connectivity index (χ3v) is 4.60. The second-order valence-electron chi connectivity index (χ2n) is 6.55. The lowest BCUT2D eigenvalue weighted by molar-refractivity contribution is -0.142. The summed E-state index contributed by atoms with van der Waals surface area (Å²) in [4.78, 5) is 17.9. The van der Waals surface area contributed by atoms with Crippen molar-refractivity contribution >= 4 is 23.2 Å². The second-order valence-corrected chi connectivity index (χ2v) is 6.55. The minimum absolute atomic E-state index is 0.184. The molecule has 1 aromatic carbocycles. The highest BCUT2D eigenvalue weighted by atomic mass is 16.5. The molecule has 140 valence electrons. The van der Waals surface area contributed by atoms with Crippen molar-refractivity contribution in [1.29, 1.82) is 0 Å². The summed E-state index contributed by atoms with van der Waals surface area (Å²) in [7, 11) is 1.42. The van der Waals surface area contributed by atoms with Gasteiger partial charge in [-0.25, -0.2) is 4.98 Å². The number of hydrogen-bond donors (Lipinski definition) is 2. The van der Waals surface area contributed by atoms with E-state index in [-0.39, 0.29) is 5.97 Å². The summed E-state index contributed by atoms with van der Waals surface area (Å²) in [5.74, 6) is 3.29. The molecule has 1 fully saturated rings. The molecule has 0 unspecified atom stereocenters. The largest absolute Gasteiger partial charge is 0.468 e. The van der Waals surface area contributed by atoms with Crippen molar-refractivity contribution in [3.05, 3.63) is 48.2 Å². The molecule has 0 radical (unpaired) electrons. The summed E-state index contributed by atoms with van der Waals surface area (Å²) in [6, 6.07) is 12.0. The summed E-state index contributed by atoms with van der Waals surface area (Å²) < 4.78 is 4.73. The highest BCUT2D eigenvalue weighted by Gasteiger charge is 2.21. The maximum absolute atomic E-state index is 11.4. The molecule has 27 heavy (non-hydrogen) atoms. The fraction of sp³-hybridized carbons (Fsp3) is 0.333. The summed E-state index contributed by atoms with van der Waals surface area (Å²) >= 11 is 0. The molecule has 2 N–H and O–H groups in total.